The van der Waals surface area contributed by atoms with Crippen LogP contribution in [0.3, 0.4) is 0 Å². The van der Waals surface area contributed by atoms with E-state index in [1.807, 2.05) is 24.3 Å². The van der Waals surface area contributed by atoms with Crippen molar-refractivity contribution in [2.45, 2.75) is 12.8 Å². The average molecular weight is 496 g/mol. The van der Waals surface area contributed by atoms with Crippen molar-refractivity contribution < 1.29 is 22.6 Å². The van der Waals surface area contributed by atoms with Crippen LogP contribution in [0.1, 0.15) is 11.4 Å². The van der Waals surface area contributed by atoms with Gasteiger partial charge in [0.05, 0.1) is 30.0 Å². The number of hydrogen-bond donors (Lipinski definition) is 1. The number of pyridine rings is 2. The summed E-state index contributed by atoms with van der Waals surface area (Å²) in [7, 11) is 1.52. The van der Waals surface area contributed by atoms with Crippen molar-refractivity contribution in [3.8, 4) is 11.3 Å². The third-order valence-electron chi connectivity index (χ3n) is 5.75. The Morgan fingerprint density at radius 1 is 1.06 bits per heavy atom. The average Bonchev–Trinajstić information content (AvgIpc) is 2.89. The summed E-state index contributed by atoms with van der Waals surface area (Å²) in [6.07, 6.45) is -1.88. The van der Waals surface area contributed by atoms with Crippen LogP contribution >= 0.6 is 0 Å². The minimum absolute atomic E-state index is 0.127. The van der Waals surface area contributed by atoms with Gasteiger partial charge in [-0.2, -0.15) is 13.2 Å². The van der Waals surface area contributed by atoms with Crippen molar-refractivity contribution in [1.29, 1.82) is 0 Å². The molecule has 0 unspecified atom stereocenters. The van der Waals surface area contributed by atoms with E-state index in [1.54, 1.807) is 0 Å². The SMILES string of the molecule is COCc1nc(Nc2ccc(N3CCOCC3)cc2)c2ncc(-c3ncccc3C(F)(F)F)cc2n1. The number of ether oxygens (including phenoxy) is 2. The van der Waals surface area contributed by atoms with Gasteiger partial charge in [-0.25, -0.2) is 15.0 Å². The van der Waals surface area contributed by atoms with Crippen molar-refractivity contribution in [2.24, 2.45) is 0 Å². The first-order valence-electron chi connectivity index (χ1n) is 11.3. The summed E-state index contributed by atoms with van der Waals surface area (Å²) < 4.78 is 51.2. The highest BCUT2D eigenvalue weighted by atomic mass is 19.4. The van der Waals surface area contributed by atoms with Crippen LogP contribution in [-0.4, -0.2) is 53.3 Å². The third-order valence-corrected chi connectivity index (χ3v) is 5.75. The second-order valence-electron chi connectivity index (χ2n) is 8.18. The molecule has 0 atom stereocenters. The van der Waals surface area contributed by atoms with E-state index in [4.69, 9.17) is 9.47 Å². The number of hydrogen-bond acceptors (Lipinski definition) is 8. The summed E-state index contributed by atoms with van der Waals surface area (Å²) in [6, 6.07) is 11.7. The minimum Gasteiger partial charge on any atom is -0.378 e. The lowest BCUT2D eigenvalue weighted by Gasteiger charge is -2.28. The second-order valence-corrected chi connectivity index (χ2v) is 8.18. The molecule has 1 aliphatic rings. The molecule has 0 saturated carbocycles. The molecule has 36 heavy (non-hydrogen) atoms. The summed E-state index contributed by atoms with van der Waals surface area (Å²) in [5.41, 5.74) is 1.83. The lowest BCUT2D eigenvalue weighted by atomic mass is 10.1. The van der Waals surface area contributed by atoms with E-state index in [2.05, 4.69) is 30.2 Å². The fourth-order valence-electron chi connectivity index (χ4n) is 4.06. The van der Waals surface area contributed by atoms with E-state index in [1.165, 1.54) is 31.6 Å². The maximum Gasteiger partial charge on any atom is 0.418 e. The number of anilines is 3. The number of benzene rings is 1. The number of morpholine rings is 1. The quantitative estimate of drug-likeness (QED) is 0.406. The van der Waals surface area contributed by atoms with Crippen LogP contribution in [0.4, 0.5) is 30.4 Å². The highest BCUT2D eigenvalue weighted by molar-refractivity contribution is 5.89. The molecule has 0 radical (unpaired) electrons. The Kier molecular flexibility index (Phi) is 6.66. The van der Waals surface area contributed by atoms with Gasteiger partial charge in [0.2, 0.25) is 0 Å². The first-order valence-corrected chi connectivity index (χ1v) is 11.3. The fourth-order valence-corrected chi connectivity index (χ4v) is 4.06. The Morgan fingerprint density at radius 3 is 2.56 bits per heavy atom. The van der Waals surface area contributed by atoms with Gasteiger partial charge >= 0.3 is 6.18 Å². The number of methoxy groups -OCH3 is 1. The van der Waals surface area contributed by atoms with Gasteiger partial charge in [-0.05, 0) is 42.5 Å². The van der Waals surface area contributed by atoms with Gasteiger partial charge < -0.3 is 19.7 Å². The molecule has 0 bridgehead atoms. The van der Waals surface area contributed by atoms with Gasteiger partial charge in [0.1, 0.15) is 12.1 Å². The van der Waals surface area contributed by atoms with E-state index >= 15 is 0 Å². The second kappa shape index (κ2) is 10.0. The Bertz CT molecular complexity index is 1360. The van der Waals surface area contributed by atoms with Gasteiger partial charge in [-0.3, -0.25) is 4.98 Å². The Morgan fingerprint density at radius 2 is 1.83 bits per heavy atom. The van der Waals surface area contributed by atoms with Crippen LogP contribution < -0.4 is 10.2 Å². The van der Waals surface area contributed by atoms with Crippen molar-refractivity contribution in [1.82, 2.24) is 19.9 Å². The van der Waals surface area contributed by atoms with Gasteiger partial charge in [0.15, 0.2) is 11.6 Å². The zero-order valence-electron chi connectivity index (χ0n) is 19.4. The zero-order chi connectivity index (χ0) is 25.1. The number of nitrogens with zero attached hydrogens (tertiary/aromatic N) is 5. The van der Waals surface area contributed by atoms with Gasteiger partial charge in [0, 0.05) is 49.5 Å². The zero-order valence-corrected chi connectivity index (χ0v) is 19.4. The van der Waals surface area contributed by atoms with Crippen LogP contribution in [0.25, 0.3) is 22.3 Å². The summed E-state index contributed by atoms with van der Waals surface area (Å²) in [5, 5.41) is 3.26. The monoisotopic (exact) mass is 496 g/mol. The number of alkyl halides is 3. The van der Waals surface area contributed by atoms with E-state index in [0.717, 1.165) is 30.5 Å². The molecule has 4 aromatic rings. The van der Waals surface area contributed by atoms with Crippen molar-refractivity contribution in [3.05, 3.63) is 66.2 Å². The molecule has 4 heterocycles. The van der Waals surface area contributed by atoms with Crippen LogP contribution in [0.2, 0.25) is 0 Å². The fraction of sp³-hybridized carbons (Fsp3) is 0.280. The standard InChI is InChI=1S/C25H23F3N6O2/c1-35-15-21-32-20-13-16(22-19(25(26,27)28)3-2-8-29-22)14-30-23(20)24(33-21)31-17-4-6-18(7-5-17)34-9-11-36-12-10-34/h2-8,13-14H,9-12,15H2,1H3,(H,31,32,33). The highest BCUT2D eigenvalue weighted by Crippen LogP contribution is 2.36. The molecular formula is C25H23F3N6O2. The predicted molar refractivity (Wildman–Crippen MR) is 129 cm³/mol. The minimum atomic E-state index is -4.55. The molecule has 1 aromatic carbocycles. The molecule has 186 valence electrons. The number of halogens is 3. The van der Waals surface area contributed by atoms with Gasteiger partial charge in [-0.15, -0.1) is 0 Å². The summed E-state index contributed by atoms with van der Waals surface area (Å²) in [4.78, 5) is 19.6. The maximum atomic E-state index is 13.5. The third kappa shape index (κ3) is 5.07. The molecule has 1 fully saturated rings. The van der Waals surface area contributed by atoms with Crippen LogP contribution in [-0.2, 0) is 22.3 Å². The smallest absolute Gasteiger partial charge is 0.378 e. The van der Waals surface area contributed by atoms with E-state index in [-0.39, 0.29) is 17.9 Å². The molecule has 5 rings (SSSR count). The van der Waals surface area contributed by atoms with Crippen molar-refractivity contribution in [3.63, 3.8) is 0 Å². The van der Waals surface area contributed by atoms with Crippen LogP contribution in [0.15, 0.2) is 54.9 Å². The molecule has 11 heteroatoms. The lowest BCUT2D eigenvalue weighted by molar-refractivity contribution is -0.137. The molecule has 0 spiro atoms. The summed E-state index contributed by atoms with van der Waals surface area (Å²) >= 11 is 0. The first kappa shape index (κ1) is 23.9. The van der Waals surface area contributed by atoms with Crippen LogP contribution in [0, 0.1) is 0 Å². The summed E-state index contributed by atoms with van der Waals surface area (Å²) in [5.74, 6) is 0.795. The molecular weight excluding hydrogens is 473 g/mol. The van der Waals surface area contributed by atoms with Crippen molar-refractivity contribution >= 4 is 28.2 Å². The molecule has 1 aliphatic heterocycles. The van der Waals surface area contributed by atoms with Gasteiger partial charge in [-0.1, -0.05) is 0 Å². The van der Waals surface area contributed by atoms with E-state index in [9.17, 15) is 13.2 Å². The van der Waals surface area contributed by atoms with Crippen molar-refractivity contribution in [2.75, 3.05) is 43.6 Å². The Labute approximate surface area is 205 Å². The van der Waals surface area contributed by atoms with E-state index < -0.39 is 11.7 Å². The Hall–Kier alpha value is -3.83. The molecule has 8 nitrogen and oxygen atoms in total. The first-order chi connectivity index (χ1) is 17.4. The number of rotatable bonds is 6. The maximum absolute atomic E-state index is 13.5. The molecule has 0 aliphatic carbocycles. The number of fused-ring (bicyclic) bond motifs is 1. The molecule has 1 saturated heterocycles. The van der Waals surface area contributed by atoms with E-state index in [0.29, 0.717) is 35.9 Å². The van der Waals surface area contributed by atoms with Crippen LogP contribution in [0.5, 0.6) is 0 Å². The highest BCUT2D eigenvalue weighted by Gasteiger charge is 2.34. The largest absolute Gasteiger partial charge is 0.418 e. The predicted octanol–water partition coefficient (Wildman–Crippen LogP) is 4.83. The number of nitrogens with one attached hydrogen (secondary N) is 1. The molecule has 3 aromatic heterocycles. The number of aromatic nitrogens is 4. The molecule has 0 amide bonds. The topological polar surface area (TPSA) is 85.3 Å². The molecule has 1 N–H and O–H groups in total. The Balaban J connectivity index is 1.50. The summed E-state index contributed by atoms with van der Waals surface area (Å²) in [6.45, 7) is 3.20. The normalized spacial score (nSPS) is 14.3. The van der Waals surface area contributed by atoms with Gasteiger partial charge in [0.25, 0.3) is 0 Å². The lowest BCUT2D eigenvalue weighted by Crippen LogP contribution is -2.36.